The molecule has 0 bridgehead atoms. The number of amides is 1. The SMILES string of the molecule is O=C(O)COc1cccc(NC(=O)CNCC2CC2)c1. The van der Waals surface area contributed by atoms with Gasteiger partial charge in [0.25, 0.3) is 0 Å². The molecule has 0 aliphatic heterocycles. The van der Waals surface area contributed by atoms with E-state index in [4.69, 9.17) is 9.84 Å². The number of benzene rings is 1. The lowest BCUT2D eigenvalue weighted by atomic mass is 10.3. The van der Waals surface area contributed by atoms with Gasteiger partial charge in [-0.1, -0.05) is 6.07 Å². The van der Waals surface area contributed by atoms with Crippen molar-refractivity contribution in [2.75, 3.05) is 25.0 Å². The molecule has 108 valence electrons. The molecule has 1 fully saturated rings. The van der Waals surface area contributed by atoms with Gasteiger partial charge in [0.05, 0.1) is 6.54 Å². The van der Waals surface area contributed by atoms with Crippen molar-refractivity contribution in [1.29, 1.82) is 0 Å². The summed E-state index contributed by atoms with van der Waals surface area (Å²) in [4.78, 5) is 22.1. The molecule has 0 radical (unpaired) electrons. The number of anilines is 1. The van der Waals surface area contributed by atoms with Gasteiger partial charge in [0.1, 0.15) is 5.75 Å². The second kappa shape index (κ2) is 6.91. The summed E-state index contributed by atoms with van der Waals surface area (Å²) in [5.74, 6) is -0.0172. The summed E-state index contributed by atoms with van der Waals surface area (Å²) in [6.07, 6.45) is 2.50. The topological polar surface area (TPSA) is 87.7 Å². The monoisotopic (exact) mass is 278 g/mol. The van der Waals surface area contributed by atoms with E-state index in [1.54, 1.807) is 24.3 Å². The Kier molecular flexibility index (Phi) is 4.95. The minimum absolute atomic E-state index is 0.124. The number of ether oxygens (including phenoxy) is 1. The second-order valence-corrected chi connectivity index (χ2v) is 4.83. The molecule has 1 aromatic rings. The molecule has 0 unspecified atom stereocenters. The Hall–Kier alpha value is -2.08. The maximum atomic E-state index is 11.7. The smallest absolute Gasteiger partial charge is 0.341 e. The first-order valence-corrected chi connectivity index (χ1v) is 6.58. The Labute approximate surface area is 117 Å². The van der Waals surface area contributed by atoms with Crippen LogP contribution in [0.5, 0.6) is 5.75 Å². The van der Waals surface area contributed by atoms with Gasteiger partial charge in [0.15, 0.2) is 6.61 Å². The number of rotatable bonds is 8. The lowest BCUT2D eigenvalue weighted by molar-refractivity contribution is -0.139. The molecule has 0 heterocycles. The molecule has 1 aliphatic carbocycles. The van der Waals surface area contributed by atoms with E-state index in [9.17, 15) is 9.59 Å². The van der Waals surface area contributed by atoms with Crippen LogP contribution in [-0.4, -0.2) is 36.7 Å². The van der Waals surface area contributed by atoms with E-state index in [2.05, 4.69) is 10.6 Å². The lowest BCUT2D eigenvalue weighted by Gasteiger charge is -2.08. The number of hydrogen-bond donors (Lipinski definition) is 3. The van der Waals surface area contributed by atoms with Crippen molar-refractivity contribution >= 4 is 17.6 Å². The third-order valence-corrected chi connectivity index (χ3v) is 2.90. The van der Waals surface area contributed by atoms with Crippen molar-refractivity contribution in [3.05, 3.63) is 24.3 Å². The lowest BCUT2D eigenvalue weighted by Crippen LogP contribution is -2.29. The van der Waals surface area contributed by atoms with E-state index in [1.165, 1.54) is 12.8 Å². The highest BCUT2D eigenvalue weighted by molar-refractivity contribution is 5.92. The minimum Gasteiger partial charge on any atom is -0.482 e. The molecule has 20 heavy (non-hydrogen) atoms. The number of nitrogens with one attached hydrogen (secondary N) is 2. The van der Waals surface area contributed by atoms with Gasteiger partial charge in [-0.2, -0.15) is 0 Å². The average Bonchev–Trinajstić information content (AvgIpc) is 3.21. The van der Waals surface area contributed by atoms with Crippen LogP contribution in [-0.2, 0) is 9.59 Å². The first-order chi connectivity index (χ1) is 9.63. The van der Waals surface area contributed by atoms with Crippen LogP contribution in [0.4, 0.5) is 5.69 Å². The minimum atomic E-state index is -1.04. The van der Waals surface area contributed by atoms with E-state index >= 15 is 0 Å². The highest BCUT2D eigenvalue weighted by Crippen LogP contribution is 2.27. The normalized spacial score (nSPS) is 13.8. The molecule has 1 aromatic carbocycles. The summed E-state index contributed by atoms with van der Waals surface area (Å²) in [6.45, 7) is 0.756. The first kappa shape index (κ1) is 14.3. The maximum Gasteiger partial charge on any atom is 0.341 e. The Morgan fingerprint density at radius 2 is 2.15 bits per heavy atom. The number of carbonyl (C=O) groups excluding carboxylic acids is 1. The van der Waals surface area contributed by atoms with E-state index in [0.29, 0.717) is 11.4 Å². The third-order valence-electron chi connectivity index (χ3n) is 2.90. The van der Waals surface area contributed by atoms with Gasteiger partial charge < -0.3 is 20.5 Å². The first-order valence-electron chi connectivity index (χ1n) is 6.58. The van der Waals surface area contributed by atoms with Crippen LogP contribution in [0.3, 0.4) is 0 Å². The Bertz CT molecular complexity index is 486. The van der Waals surface area contributed by atoms with Crippen molar-refractivity contribution < 1.29 is 19.4 Å². The van der Waals surface area contributed by atoms with Gasteiger partial charge in [-0.25, -0.2) is 4.79 Å². The Morgan fingerprint density at radius 3 is 2.85 bits per heavy atom. The second-order valence-electron chi connectivity index (χ2n) is 4.83. The predicted octanol–water partition coefficient (Wildman–Crippen LogP) is 1.09. The van der Waals surface area contributed by atoms with Crippen molar-refractivity contribution in [3.63, 3.8) is 0 Å². The molecule has 1 amide bonds. The summed E-state index contributed by atoms with van der Waals surface area (Å²) in [5, 5.41) is 14.4. The molecule has 1 saturated carbocycles. The van der Waals surface area contributed by atoms with Crippen LogP contribution in [0.1, 0.15) is 12.8 Å². The Morgan fingerprint density at radius 1 is 1.35 bits per heavy atom. The molecule has 0 spiro atoms. The van der Waals surface area contributed by atoms with Gasteiger partial charge in [-0.3, -0.25) is 4.79 Å². The summed E-state index contributed by atoms with van der Waals surface area (Å²) >= 11 is 0. The van der Waals surface area contributed by atoms with Crippen molar-refractivity contribution in [1.82, 2.24) is 5.32 Å². The van der Waals surface area contributed by atoms with E-state index < -0.39 is 12.6 Å². The fourth-order valence-corrected chi connectivity index (χ4v) is 1.73. The molecule has 3 N–H and O–H groups in total. The van der Waals surface area contributed by atoms with E-state index in [0.717, 1.165) is 12.5 Å². The zero-order valence-electron chi connectivity index (χ0n) is 11.1. The zero-order valence-corrected chi connectivity index (χ0v) is 11.1. The number of carbonyl (C=O) groups is 2. The third kappa shape index (κ3) is 5.27. The molecule has 6 heteroatoms. The summed E-state index contributed by atoms with van der Waals surface area (Å²) in [6, 6.07) is 6.67. The van der Waals surface area contributed by atoms with Crippen LogP contribution in [0.15, 0.2) is 24.3 Å². The Balaban J connectivity index is 1.76. The number of hydrogen-bond acceptors (Lipinski definition) is 4. The van der Waals surface area contributed by atoms with Gasteiger partial charge in [0, 0.05) is 11.8 Å². The van der Waals surface area contributed by atoms with E-state index in [1.807, 2.05) is 0 Å². The van der Waals surface area contributed by atoms with Crippen molar-refractivity contribution in [3.8, 4) is 5.75 Å². The summed E-state index contributed by atoms with van der Waals surface area (Å²) < 4.78 is 5.04. The average molecular weight is 278 g/mol. The number of aliphatic carboxylic acids is 1. The van der Waals surface area contributed by atoms with Crippen LogP contribution >= 0.6 is 0 Å². The van der Waals surface area contributed by atoms with Gasteiger partial charge in [-0.05, 0) is 37.4 Å². The molecular formula is C14H18N2O4. The fraction of sp³-hybridized carbons (Fsp3) is 0.429. The van der Waals surface area contributed by atoms with Gasteiger partial charge in [-0.15, -0.1) is 0 Å². The number of carboxylic acids is 1. The number of carboxylic acid groups (broad SMARTS) is 1. The zero-order chi connectivity index (χ0) is 14.4. The molecule has 1 aliphatic rings. The summed E-state index contributed by atoms with van der Waals surface area (Å²) in [7, 11) is 0. The van der Waals surface area contributed by atoms with Crippen LogP contribution in [0.2, 0.25) is 0 Å². The maximum absolute atomic E-state index is 11.7. The molecule has 0 aromatic heterocycles. The predicted molar refractivity (Wildman–Crippen MR) is 73.8 cm³/mol. The molecule has 6 nitrogen and oxygen atoms in total. The highest BCUT2D eigenvalue weighted by Gasteiger charge is 2.20. The van der Waals surface area contributed by atoms with Crippen LogP contribution in [0, 0.1) is 5.92 Å². The molecule has 0 atom stereocenters. The van der Waals surface area contributed by atoms with Crippen LogP contribution in [0.25, 0.3) is 0 Å². The molecule has 2 rings (SSSR count). The summed E-state index contributed by atoms with van der Waals surface area (Å²) in [5.41, 5.74) is 0.589. The van der Waals surface area contributed by atoms with Crippen LogP contribution < -0.4 is 15.4 Å². The van der Waals surface area contributed by atoms with Crippen molar-refractivity contribution in [2.45, 2.75) is 12.8 Å². The van der Waals surface area contributed by atoms with Gasteiger partial charge >= 0.3 is 5.97 Å². The van der Waals surface area contributed by atoms with Gasteiger partial charge in [0.2, 0.25) is 5.91 Å². The largest absolute Gasteiger partial charge is 0.482 e. The van der Waals surface area contributed by atoms with E-state index in [-0.39, 0.29) is 12.5 Å². The fourth-order valence-electron chi connectivity index (χ4n) is 1.73. The van der Waals surface area contributed by atoms with Crippen molar-refractivity contribution in [2.24, 2.45) is 5.92 Å². The standard InChI is InChI=1S/C14H18N2O4/c17-13(8-15-7-10-4-5-10)16-11-2-1-3-12(6-11)20-9-14(18)19/h1-3,6,10,15H,4-5,7-9H2,(H,16,17)(H,18,19). The highest BCUT2D eigenvalue weighted by atomic mass is 16.5. The quantitative estimate of drug-likeness (QED) is 0.662. The molecular weight excluding hydrogens is 260 g/mol. The molecule has 0 saturated heterocycles.